The molecule has 0 aromatic rings. The summed E-state index contributed by atoms with van der Waals surface area (Å²) in [6.07, 6.45) is 0. The Bertz CT molecular complexity index is 106. The molecule has 4 heteroatoms. The van der Waals surface area contributed by atoms with Crippen LogP contribution in [0.3, 0.4) is 0 Å². The summed E-state index contributed by atoms with van der Waals surface area (Å²) >= 11 is 0. The van der Waals surface area contributed by atoms with Gasteiger partial charge in [-0.05, 0) is 0 Å². The molecule has 9 heavy (non-hydrogen) atoms. The Morgan fingerprint density at radius 1 is 1.11 bits per heavy atom. The van der Waals surface area contributed by atoms with Crippen LogP contribution < -0.4 is 0 Å². The van der Waals surface area contributed by atoms with Crippen molar-refractivity contribution in [1.29, 1.82) is 0 Å². The highest BCUT2D eigenvalue weighted by molar-refractivity contribution is 7.41. The molecular formula is C5H9O3P. The van der Waals surface area contributed by atoms with Gasteiger partial charge in [0, 0.05) is 5.41 Å². The first-order valence-electron chi connectivity index (χ1n) is 2.97. The molecular weight excluding hydrogens is 139 g/mol. The van der Waals surface area contributed by atoms with Gasteiger partial charge in [-0.25, -0.2) is 0 Å². The lowest BCUT2D eigenvalue weighted by molar-refractivity contribution is -0.0619. The van der Waals surface area contributed by atoms with Crippen molar-refractivity contribution in [2.75, 3.05) is 19.8 Å². The number of hydrogen-bond acceptors (Lipinski definition) is 3. The molecule has 0 amide bonds. The molecule has 52 valence electrons. The van der Waals surface area contributed by atoms with Crippen LogP contribution in [0.15, 0.2) is 0 Å². The minimum absolute atomic E-state index is 0.136. The fraction of sp³-hybridized carbons (Fsp3) is 1.00. The zero-order valence-corrected chi connectivity index (χ0v) is 6.19. The molecule has 3 heterocycles. The van der Waals surface area contributed by atoms with Gasteiger partial charge in [-0.1, -0.05) is 6.92 Å². The zero-order valence-electron chi connectivity index (χ0n) is 5.29. The van der Waals surface area contributed by atoms with Crippen molar-refractivity contribution in [3.05, 3.63) is 0 Å². The van der Waals surface area contributed by atoms with Crippen molar-refractivity contribution in [2.45, 2.75) is 6.92 Å². The van der Waals surface area contributed by atoms with E-state index in [0.717, 1.165) is 19.8 Å². The standard InChI is InChI=1S/C5H9O3P/c1-5-2-6-9(7-3-5)8-4-5/h2-4H2,1H3. The van der Waals surface area contributed by atoms with E-state index >= 15 is 0 Å². The summed E-state index contributed by atoms with van der Waals surface area (Å²) < 4.78 is 15.6. The first-order valence-corrected chi connectivity index (χ1v) is 4.07. The predicted molar refractivity (Wildman–Crippen MR) is 32.9 cm³/mol. The molecule has 3 aliphatic rings. The highest BCUT2D eigenvalue weighted by Crippen LogP contribution is 2.52. The van der Waals surface area contributed by atoms with Crippen molar-refractivity contribution >= 4 is 8.60 Å². The van der Waals surface area contributed by atoms with Gasteiger partial charge >= 0.3 is 8.60 Å². The van der Waals surface area contributed by atoms with Gasteiger partial charge < -0.3 is 13.6 Å². The largest absolute Gasteiger partial charge is 0.332 e. The molecule has 3 rings (SSSR count). The van der Waals surface area contributed by atoms with Crippen LogP contribution in [0.25, 0.3) is 0 Å². The summed E-state index contributed by atoms with van der Waals surface area (Å²) in [7, 11) is -0.935. The average molecular weight is 148 g/mol. The highest BCUT2D eigenvalue weighted by Gasteiger charge is 2.40. The maximum Gasteiger partial charge on any atom is 0.332 e. The monoisotopic (exact) mass is 148 g/mol. The van der Waals surface area contributed by atoms with E-state index in [9.17, 15) is 0 Å². The fourth-order valence-electron chi connectivity index (χ4n) is 0.862. The Morgan fingerprint density at radius 3 is 1.78 bits per heavy atom. The second kappa shape index (κ2) is 1.89. The lowest BCUT2D eigenvalue weighted by atomic mass is 9.95. The van der Waals surface area contributed by atoms with Crippen LogP contribution >= 0.6 is 8.60 Å². The molecule has 0 saturated carbocycles. The van der Waals surface area contributed by atoms with Gasteiger partial charge in [0.15, 0.2) is 0 Å². The molecule has 0 radical (unpaired) electrons. The van der Waals surface area contributed by atoms with Crippen LogP contribution in [0.4, 0.5) is 0 Å². The Labute approximate surface area is 55.3 Å². The summed E-state index contributed by atoms with van der Waals surface area (Å²) in [5.74, 6) is 0. The van der Waals surface area contributed by atoms with Gasteiger partial charge in [0.2, 0.25) is 0 Å². The third-order valence-corrected chi connectivity index (χ3v) is 2.58. The Hall–Kier alpha value is 0.310. The van der Waals surface area contributed by atoms with Gasteiger partial charge in [0.1, 0.15) is 0 Å². The van der Waals surface area contributed by atoms with E-state index in [1.54, 1.807) is 0 Å². The molecule has 3 aliphatic heterocycles. The maximum atomic E-state index is 5.20. The van der Waals surface area contributed by atoms with Gasteiger partial charge in [0.05, 0.1) is 19.8 Å². The molecule has 0 aromatic carbocycles. The lowest BCUT2D eigenvalue weighted by Gasteiger charge is -2.41. The molecule has 3 nitrogen and oxygen atoms in total. The van der Waals surface area contributed by atoms with Gasteiger partial charge in [-0.15, -0.1) is 0 Å². The molecule has 0 unspecified atom stereocenters. The molecule has 2 bridgehead atoms. The van der Waals surface area contributed by atoms with Gasteiger partial charge in [-0.2, -0.15) is 0 Å². The van der Waals surface area contributed by atoms with Crippen LogP contribution in [0.5, 0.6) is 0 Å². The highest BCUT2D eigenvalue weighted by atomic mass is 31.2. The molecule has 0 aromatic heterocycles. The van der Waals surface area contributed by atoms with Gasteiger partial charge in [-0.3, -0.25) is 0 Å². The Balaban J connectivity index is 2.11. The number of fused-ring (bicyclic) bond motifs is 3. The summed E-state index contributed by atoms with van der Waals surface area (Å²) in [6.45, 7) is 4.52. The van der Waals surface area contributed by atoms with Crippen LogP contribution in [-0.4, -0.2) is 19.8 Å². The molecule has 0 atom stereocenters. The van der Waals surface area contributed by atoms with Crippen LogP contribution in [-0.2, 0) is 13.6 Å². The topological polar surface area (TPSA) is 27.7 Å². The van der Waals surface area contributed by atoms with E-state index in [4.69, 9.17) is 13.6 Å². The van der Waals surface area contributed by atoms with E-state index in [2.05, 4.69) is 6.92 Å². The molecule has 3 fully saturated rings. The average Bonchev–Trinajstić information content (AvgIpc) is 1.90. The van der Waals surface area contributed by atoms with E-state index in [0.29, 0.717) is 0 Å². The van der Waals surface area contributed by atoms with Crippen LogP contribution in [0.2, 0.25) is 0 Å². The quantitative estimate of drug-likeness (QED) is 0.484. The van der Waals surface area contributed by atoms with E-state index in [1.807, 2.05) is 0 Å². The molecule has 3 saturated heterocycles. The van der Waals surface area contributed by atoms with Crippen molar-refractivity contribution in [1.82, 2.24) is 0 Å². The smallest absolute Gasteiger partial charge is 0.311 e. The summed E-state index contributed by atoms with van der Waals surface area (Å²) in [4.78, 5) is 0. The molecule has 0 aliphatic carbocycles. The van der Waals surface area contributed by atoms with E-state index < -0.39 is 8.60 Å². The maximum absolute atomic E-state index is 5.20. The van der Waals surface area contributed by atoms with Gasteiger partial charge in [0.25, 0.3) is 0 Å². The van der Waals surface area contributed by atoms with Crippen molar-refractivity contribution in [3.8, 4) is 0 Å². The molecule has 0 N–H and O–H groups in total. The number of rotatable bonds is 0. The second-order valence-corrected chi connectivity index (χ2v) is 4.08. The third-order valence-electron chi connectivity index (χ3n) is 1.56. The fourth-order valence-corrected chi connectivity index (χ4v) is 2.34. The Morgan fingerprint density at radius 2 is 1.56 bits per heavy atom. The SMILES string of the molecule is CC12COP(OC1)OC2. The normalized spacial score (nSPS) is 49.7. The minimum Gasteiger partial charge on any atom is -0.311 e. The third kappa shape index (κ3) is 0.987. The predicted octanol–water partition coefficient (Wildman–Crippen LogP) is 1.30. The van der Waals surface area contributed by atoms with E-state index in [-0.39, 0.29) is 5.41 Å². The first-order chi connectivity index (χ1) is 4.29. The zero-order chi connectivity index (χ0) is 6.32. The second-order valence-electron chi connectivity index (χ2n) is 2.85. The summed E-state index contributed by atoms with van der Waals surface area (Å²) in [6, 6.07) is 0. The lowest BCUT2D eigenvalue weighted by Crippen LogP contribution is -2.40. The van der Waals surface area contributed by atoms with E-state index in [1.165, 1.54) is 0 Å². The number of hydrogen-bond donors (Lipinski definition) is 0. The van der Waals surface area contributed by atoms with Crippen molar-refractivity contribution in [2.24, 2.45) is 5.41 Å². The van der Waals surface area contributed by atoms with Crippen molar-refractivity contribution in [3.63, 3.8) is 0 Å². The Kier molecular flexibility index (Phi) is 1.27. The summed E-state index contributed by atoms with van der Waals surface area (Å²) in [5, 5.41) is 0. The van der Waals surface area contributed by atoms with Crippen LogP contribution in [0, 0.1) is 5.41 Å². The summed E-state index contributed by atoms with van der Waals surface area (Å²) in [5.41, 5.74) is 0.136. The van der Waals surface area contributed by atoms with Crippen LogP contribution in [0.1, 0.15) is 6.92 Å². The molecule has 0 spiro atoms. The first kappa shape index (κ1) is 6.05. The minimum atomic E-state index is -0.935. The van der Waals surface area contributed by atoms with Crippen molar-refractivity contribution < 1.29 is 13.6 Å².